The zero-order valence-corrected chi connectivity index (χ0v) is 21.7. The molecule has 0 atom stereocenters. The van der Waals surface area contributed by atoms with E-state index in [-0.39, 0.29) is 8.95 Å². The third kappa shape index (κ3) is 8.39. The van der Waals surface area contributed by atoms with Gasteiger partial charge in [-0.2, -0.15) is 0 Å². The van der Waals surface area contributed by atoms with E-state index in [0.29, 0.717) is 8.95 Å². The highest BCUT2D eigenvalue weighted by atomic mass is 79.9. The SMILES string of the molecule is C1CC[NH2+]CC1.C1CC[NH2+]CC1.O=C([O-])c1c(Br)c(Br)c(Br)c(Br)c1C(=O)[O-]. The van der Waals surface area contributed by atoms with Gasteiger partial charge < -0.3 is 30.4 Å². The number of hydrogen-bond acceptors (Lipinski definition) is 4. The summed E-state index contributed by atoms with van der Waals surface area (Å²) in [6, 6.07) is 0. The molecule has 1 aromatic rings. The number of hydrogen-bond donors (Lipinski definition) is 2. The standard InChI is InChI=1S/C8H2Br4O4.2C5H11N/c9-3-1(7(13)14)2(8(15)16)4(10)6(12)5(3)11;2*1-2-4-6-5-3-1/h(H,13,14)(H,15,16);2*6H,1-5H2. The molecular formula is C18H24Br4N2O4. The van der Waals surface area contributed by atoms with Crippen LogP contribution in [0.1, 0.15) is 59.2 Å². The van der Waals surface area contributed by atoms with E-state index >= 15 is 0 Å². The highest BCUT2D eigenvalue weighted by Crippen LogP contribution is 2.41. The topological polar surface area (TPSA) is 113 Å². The first kappa shape index (κ1) is 26.0. The molecule has 6 nitrogen and oxygen atoms in total. The van der Waals surface area contributed by atoms with Crippen molar-refractivity contribution in [2.45, 2.75) is 38.5 Å². The summed E-state index contributed by atoms with van der Waals surface area (Å²) in [6.45, 7) is 5.50. The summed E-state index contributed by atoms with van der Waals surface area (Å²) < 4.78 is 0.871. The van der Waals surface area contributed by atoms with Crippen molar-refractivity contribution in [3.05, 3.63) is 29.0 Å². The Balaban J connectivity index is 0.000000263. The minimum Gasteiger partial charge on any atom is -0.545 e. The van der Waals surface area contributed by atoms with Gasteiger partial charge >= 0.3 is 0 Å². The lowest BCUT2D eigenvalue weighted by molar-refractivity contribution is -0.662. The van der Waals surface area contributed by atoms with Gasteiger partial charge in [-0.3, -0.25) is 0 Å². The maximum absolute atomic E-state index is 10.9. The van der Waals surface area contributed by atoms with Crippen molar-refractivity contribution in [2.24, 2.45) is 0 Å². The number of carboxylic acid groups (broad SMARTS) is 2. The maximum Gasteiger partial charge on any atom is 0.0755 e. The Morgan fingerprint density at radius 1 is 0.571 bits per heavy atom. The number of quaternary nitrogens is 2. The largest absolute Gasteiger partial charge is 0.545 e. The summed E-state index contributed by atoms with van der Waals surface area (Å²) in [5, 5.41) is 26.5. The molecule has 0 amide bonds. The predicted molar refractivity (Wildman–Crippen MR) is 117 cm³/mol. The van der Waals surface area contributed by atoms with Gasteiger partial charge in [-0.1, -0.05) is 0 Å². The number of aromatic carboxylic acids is 2. The van der Waals surface area contributed by atoms with Crippen molar-refractivity contribution in [1.82, 2.24) is 0 Å². The van der Waals surface area contributed by atoms with E-state index in [1.807, 2.05) is 0 Å². The summed E-state index contributed by atoms with van der Waals surface area (Å²) in [4.78, 5) is 21.7. The molecule has 1 aromatic carbocycles. The van der Waals surface area contributed by atoms with Crippen LogP contribution >= 0.6 is 63.7 Å². The van der Waals surface area contributed by atoms with E-state index in [4.69, 9.17) is 0 Å². The van der Waals surface area contributed by atoms with Crippen molar-refractivity contribution < 1.29 is 30.4 Å². The fourth-order valence-electron chi connectivity index (χ4n) is 2.81. The van der Waals surface area contributed by atoms with Crippen LogP contribution in [-0.2, 0) is 0 Å². The molecule has 10 heteroatoms. The van der Waals surface area contributed by atoms with Gasteiger partial charge in [0.15, 0.2) is 0 Å². The fraction of sp³-hybridized carbons (Fsp3) is 0.556. The van der Waals surface area contributed by atoms with E-state index in [1.54, 1.807) is 0 Å². The number of rotatable bonds is 2. The number of halogens is 4. The number of nitrogens with two attached hydrogens (primary N) is 2. The Morgan fingerprint density at radius 3 is 1.00 bits per heavy atom. The van der Waals surface area contributed by atoms with Crippen LogP contribution in [0, 0.1) is 0 Å². The molecule has 0 radical (unpaired) electrons. The number of benzene rings is 1. The van der Waals surface area contributed by atoms with Crippen LogP contribution < -0.4 is 20.8 Å². The van der Waals surface area contributed by atoms with E-state index in [0.717, 1.165) is 0 Å². The maximum atomic E-state index is 10.9. The van der Waals surface area contributed by atoms with Gasteiger partial charge in [-0.05, 0) is 102 Å². The molecule has 2 saturated heterocycles. The molecule has 4 N–H and O–H groups in total. The molecule has 0 saturated carbocycles. The second-order valence-electron chi connectivity index (χ2n) is 6.43. The Hall–Kier alpha value is -0.000000000000000222. The van der Waals surface area contributed by atoms with Crippen LogP contribution in [-0.4, -0.2) is 38.1 Å². The number of carbonyl (C=O) groups excluding carboxylic acids is 2. The van der Waals surface area contributed by atoms with Gasteiger partial charge in [-0.25, -0.2) is 0 Å². The highest BCUT2D eigenvalue weighted by molar-refractivity contribution is 9.15. The fourth-order valence-corrected chi connectivity index (χ4v) is 5.25. The second-order valence-corrected chi connectivity index (χ2v) is 9.61. The van der Waals surface area contributed by atoms with Crippen molar-refractivity contribution in [3.8, 4) is 0 Å². The minimum absolute atomic E-state index is 0.0711. The smallest absolute Gasteiger partial charge is 0.0755 e. The molecule has 0 spiro atoms. The lowest BCUT2D eigenvalue weighted by Gasteiger charge is -2.18. The second kappa shape index (κ2) is 14.1. The normalized spacial score (nSPS) is 16.1. The first-order valence-electron chi connectivity index (χ1n) is 9.21. The molecule has 3 rings (SSSR count). The summed E-state index contributed by atoms with van der Waals surface area (Å²) >= 11 is 12.2. The minimum atomic E-state index is -1.61. The van der Waals surface area contributed by atoms with Crippen LogP contribution in [0.4, 0.5) is 0 Å². The average Bonchev–Trinajstić information content (AvgIpc) is 2.72. The van der Waals surface area contributed by atoms with E-state index in [9.17, 15) is 19.8 Å². The summed E-state index contributed by atoms with van der Waals surface area (Å²) in [7, 11) is 0. The average molecular weight is 652 g/mol. The van der Waals surface area contributed by atoms with Gasteiger partial charge in [0, 0.05) is 29.0 Å². The molecule has 0 bridgehead atoms. The molecule has 0 aromatic heterocycles. The molecule has 2 aliphatic heterocycles. The molecule has 2 fully saturated rings. The zero-order valence-electron chi connectivity index (χ0n) is 15.4. The van der Waals surface area contributed by atoms with Crippen molar-refractivity contribution in [3.63, 3.8) is 0 Å². The lowest BCUT2D eigenvalue weighted by atomic mass is 10.1. The molecule has 0 aliphatic carbocycles. The first-order chi connectivity index (χ1) is 13.3. The zero-order chi connectivity index (χ0) is 21.1. The van der Waals surface area contributed by atoms with Gasteiger partial charge in [0.1, 0.15) is 0 Å². The number of piperidine rings is 2. The predicted octanol–water partition coefficient (Wildman–Crippen LogP) is 0.931. The molecule has 0 unspecified atom stereocenters. The number of carboxylic acids is 2. The van der Waals surface area contributed by atoms with Crippen molar-refractivity contribution in [2.75, 3.05) is 26.2 Å². The molecule has 28 heavy (non-hydrogen) atoms. The Kier molecular flexibility index (Phi) is 13.1. The number of carbonyl (C=O) groups is 2. The van der Waals surface area contributed by atoms with Gasteiger partial charge in [-0.15, -0.1) is 0 Å². The third-order valence-electron chi connectivity index (χ3n) is 4.31. The van der Waals surface area contributed by atoms with Crippen LogP contribution in [0.25, 0.3) is 0 Å². The van der Waals surface area contributed by atoms with Gasteiger partial charge in [0.05, 0.1) is 38.1 Å². The Morgan fingerprint density at radius 2 is 0.857 bits per heavy atom. The van der Waals surface area contributed by atoms with Crippen LogP contribution in [0.3, 0.4) is 0 Å². The van der Waals surface area contributed by atoms with E-state index < -0.39 is 23.1 Å². The van der Waals surface area contributed by atoms with Crippen LogP contribution in [0.5, 0.6) is 0 Å². The molecular weight excluding hydrogens is 628 g/mol. The molecule has 2 heterocycles. The Bertz CT molecular complexity index is 598. The Labute approximate surface area is 198 Å². The quantitative estimate of drug-likeness (QED) is 0.366. The van der Waals surface area contributed by atoms with Gasteiger partial charge in [0.2, 0.25) is 0 Å². The summed E-state index contributed by atoms with van der Waals surface area (Å²) in [6.07, 6.45) is 8.72. The van der Waals surface area contributed by atoms with Crippen LogP contribution in [0.2, 0.25) is 0 Å². The van der Waals surface area contributed by atoms with E-state index in [2.05, 4.69) is 74.4 Å². The monoisotopic (exact) mass is 648 g/mol. The molecule has 2 aliphatic rings. The molecule has 158 valence electrons. The lowest BCUT2D eigenvalue weighted by Crippen LogP contribution is -2.85. The highest BCUT2D eigenvalue weighted by Gasteiger charge is 2.20. The van der Waals surface area contributed by atoms with Crippen molar-refractivity contribution in [1.29, 1.82) is 0 Å². The van der Waals surface area contributed by atoms with Crippen LogP contribution in [0.15, 0.2) is 17.9 Å². The van der Waals surface area contributed by atoms with E-state index in [1.165, 1.54) is 64.7 Å². The first-order valence-corrected chi connectivity index (χ1v) is 12.4. The van der Waals surface area contributed by atoms with Gasteiger partial charge in [0.25, 0.3) is 0 Å². The third-order valence-corrected chi connectivity index (χ3v) is 9.08. The summed E-state index contributed by atoms with van der Waals surface area (Å²) in [5.74, 6) is -3.22. The summed E-state index contributed by atoms with van der Waals surface area (Å²) in [5.41, 5.74) is -0.969. The van der Waals surface area contributed by atoms with Crippen molar-refractivity contribution >= 4 is 75.7 Å².